The Bertz CT molecular complexity index is 453. The number of aryl methyl sites for hydroxylation is 1. The minimum absolute atomic E-state index is 0.111. The fourth-order valence-electron chi connectivity index (χ4n) is 2.15. The fourth-order valence-corrected chi connectivity index (χ4v) is 2.33. The zero-order chi connectivity index (χ0) is 13.1. The van der Waals surface area contributed by atoms with Gasteiger partial charge in [-0.25, -0.2) is 9.97 Å². The maximum absolute atomic E-state index is 12.3. The number of hydrogen-bond acceptors (Lipinski definition) is 4. The quantitative estimate of drug-likeness (QED) is 0.878. The molecule has 2 rings (SSSR count). The second-order valence-electron chi connectivity index (χ2n) is 4.56. The van der Waals surface area contributed by atoms with Crippen molar-refractivity contribution < 1.29 is 9.90 Å². The number of aliphatic hydroxyl groups excluding tert-OH is 1. The molecule has 0 aromatic carbocycles. The number of carbonyl (C=O) groups excluding carboxylic acids is 1. The van der Waals surface area contributed by atoms with E-state index >= 15 is 0 Å². The molecule has 5 nitrogen and oxygen atoms in total. The van der Waals surface area contributed by atoms with Crippen LogP contribution in [-0.2, 0) is 0 Å². The van der Waals surface area contributed by atoms with Gasteiger partial charge >= 0.3 is 0 Å². The number of rotatable bonds is 2. The Hall–Kier alpha value is -1.20. The van der Waals surface area contributed by atoms with E-state index in [1.807, 2.05) is 0 Å². The third-order valence-corrected chi connectivity index (χ3v) is 3.41. The van der Waals surface area contributed by atoms with Crippen LogP contribution in [0.25, 0.3) is 0 Å². The second-order valence-corrected chi connectivity index (χ2v) is 4.96. The Balaban J connectivity index is 2.17. The van der Waals surface area contributed by atoms with E-state index in [-0.39, 0.29) is 29.1 Å². The van der Waals surface area contributed by atoms with Gasteiger partial charge in [0.05, 0.1) is 11.2 Å². The predicted octanol–water partition coefficient (Wildman–Crippen LogP) is 1.28. The number of likely N-dealkylation sites (tertiary alicyclic amines) is 1. The lowest BCUT2D eigenvalue weighted by molar-refractivity contribution is 0.0614. The average Bonchev–Trinajstić information content (AvgIpc) is 2.41. The highest BCUT2D eigenvalue weighted by Gasteiger charge is 2.26. The minimum atomic E-state index is -0.177. The summed E-state index contributed by atoms with van der Waals surface area (Å²) >= 11 is 5.96. The molecule has 2 heterocycles. The molecule has 1 amide bonds. The van der Waals surface area contributed by atoms with Crippen molar-refractivity contribution in [1.29, 1.82) is 0 Å². The number of hydrogen-bond donors (Lipinski definition) is 1. The van der Waals surface area contributed by atoms with Gasteiger partial charge in [0, 0.05) is 19.7 Å². The van der Waals surface area contributed by atoms with E-state index in [1.54, 1.807) is 11.8 Å². The van der Waals surface area contributed by atoms with Gasteiger partial charge in [0.25, 0.3) is 5.91 Å². The SMILES string of the molecule is Cc1ncc(Cl)c(C(=O)N2CCCC(CO)C2)n1. The Kier molecular flexibility index (Phi) is 4.14. The number of carbonyl (C=O) groups is 1. The molecule has 0 bridgehead atoms. The molecule has 0 radical (unpaired) electrons. The third-order valence-electron chi connectivity index (χ3n) is 3.13. The van der Waals surface area contributed by atoms with Crippen LogP contribution < -0.4 is 0 Å². The lowest BCUT2D eigenvalue weighted by Gasteiger charge is -2.31. The van der Waals surface area contributed by atoms with Crippen LogP contribution >= 0.6 is 11.6 Å². The van der Waals surface area contributed by atoms with Crippen LogP contribution in [-0.4, -0.2) is 45.6 Å². The van der Waals surface area contributed by atoms with E-state index in [1.165, 1.54) is 6.20 Å². The second kappa shape index (κ2) is 5.63. The summed E-state index contributed by atoms with van der Waals surface area (Å²) in [6, 6.07) is 0. The lowest BCUT2D eigenvalue weighted by atomic mass is 9.99. The number of amides is 1. The van der Waals surface area contributed by atoms with E-state index in [9.17, 15) is 9.90 Å². The topological polar surface area (TPSA) is 66.3 Å². The molecule has 98 valence electrons. The van der Waals surface area contributed by atoms with Crippen molar-refractivity contribution in [2.24, 2.45) is 5.92 Å². The van der Waals surface area contributed by atoms with Gasteiger partial charge in [-0.1, -0.05) is 11.6 Å². The maximum atomic E-state index is 12.3. The van der Waals surface area contributed by atoms with Gasteiger partial charge in [-0.3, -0.25) is 4.79 Å². The number of nitrogens with zero attached hydrogens (tertiary/aromatic N) is 3. The summed E-state index contributed by atoms with van der Waals surface area (Å²) in [6.45, 7) is 3.09. The molecule has 1 aliphatic heterocycles. The Morgan fingerprint density at radius 3 is 3.17 bits per heavy atom. The largest absolute Gasteiger partial charge is 0.396 e. The van der Waals surface area contributed by atoms with E-state index < -0.39 is 0 Å². The number of aromatic nitrogens is 2. The van der Waals surface area contributed by atoms with Gasteiger partial charge in [-0.05, 0) is 25.7 Å². The zero-order valence-corrected chi connectivity index (χ0v) is 11.0. The Morgan fingerprint density at radius 1 is 1.67 bits per heavy atom. The highest BCUT2D eigenvalue weighted by Crippen LogP contribution is 2.20. The van der Waals surface area contributed by atoms with Crippen LogP contribution in [0.2, 0.25) is 5.02 Å². The van der Waals surface area contributed by atoms with Crippen LogP contribution in [0.4, 0.5) is 0 Å². The van der Waals surface area contributed by atoms with Gasteiger partial charge in [-0.15, -0.1) is 0 Å². The third kappa shape index (κ3) is 2.79. The molecular formula is C12H16ClN3O2. The Morgan fingerprint density at radius 2 is 2.44 bits per heavy atom. The summed E-state index contributed by atoms with van der Waals surface area (Å²) < 4.78 is 0. The van der Waals surface area contributed by atoms with Crippen molar-refractivity contribution in [3.05, 3.63) is 22.7 Å². The number of aliphatic hydroxyl groups is 1. The summed E-state index contributed by atoms with van der Waals surface area (Å²) in [5.74, 6) is 0.506. The molecule has 1 saturated heterocycles. The average molecular weight is 270 g/mol. The molecule has 1 N–H and O–H groups in total. The van der Waals surface area contributed by atoms with Crippen LogP contribution in [0.1, 0.15) is 29.2 Å². The van der Waals surface area contributed by atoms with E-state index in [2.05, 4.69) is 9.97 Å². The lowest BCUT2D eigenvalue weighted by Crippen LogP contribution is -2.41. The van der Waals surface area contributed by atoms with Gasteiger partial charge in [-0.2, -0.15) is 0 Å². The molecule has 0 saturated carbocycles. The maximum Gasteiger partial charge on any atom is 0.274 e. The highest BCUT2D eigenvalue weighted by atomic mass is 35.5. The smallest absolute Gasteiger partial charge is 0.274 e. The summed E-state index contributed by atoms with van der Waals surface area (Å²) in [5, 5.41) is 9.44. The molecule has 1 atom stereocenters. The standard InChI is InChI=1S/C12H16ClN3O2/c1-8-14-5-10(13)11(15-8)12(18)16-4-2-3-9(6-16)7-17/h5,9,17H,2-4,6-7H2,1H3. The molecule has 6 heteroatoms. The summed E-state index contributed by atoms with van der Waals surface area (Å²) in [5.41, 5.74) is 0.253. The Labute approximate surface area is 111 Å². The van der Waals surface area contributed by atoms with Crippen molar-refractivity contribution in [2.45, 2.75) is 19.8 Å². The molecule has 1 fully saturated rings. The van der Waals surface area contributed by atoms with Crippen molar-refractivity contribution in [3.8, 4) is 0 Å². The molecule has 1 aromatic rings. The monoisotopic (exact) mass is 269 g/mol. The van der Waals surface area contributed by atoms with Crippen molar-refractivity contribution in [3.63, 3.8) is 0 Å². The van der Waals surface area contributed by atoms with Crippen molar-refractivity contribution >= 4 is 17.5 Å². The molecule has 1 aliphatic rings. The van der Waals surface area contributed by atoms with E-state index in [0.717, 1.165) is 12.8 Å². The summed E-state index contributed by atoms with van der Waals surface area (Å²) in [7, 11) is 0. The van der Waals surface area contributed by atoms with Gasteiger partial charge in [0.2, 0.25) is 0 Å². The van der Waals surface area contributed by atoms with Crippen molar-refractivity contribution in [2.75, 3.05) is 19.7 Å². The molecule has 1 aromatic heterocycles. The van der Waals surface area contributed by atoms with E-state index in [0.29, 0.717) is 18.9 Å². The van der Waals surface area contributed by atoms with Gasteiger partial charge in [0.1, 0.15) is 5.82 Å². The number of halogens is 1. The molecule has 0 aliphatic carbocycles. The van der Waals surface area contributed by atoms with Crippen LogP contribution in [0.5, 0.6) is 0 Å². The fraction of sp³-hybridized carbons (Fsp3) is 0.583. The first kappa shape index (κ1) is 13.2. The molecular weight excluding hydrogens is 254 g/mol. The zero-order valence-electron chi connectivity index (χ0n) is 10.3. The minimum Gasteiger partial charge on any atom is -0.396 e. The molecule has 0 spiro atoms. The van der Waals surface area contributed by atoms with Crippen LogP contribution in [0.15, 0.2) is 6.20 Å². The first-order valence-corrected chi connectivity index (χ1v) is 6.39. The normalized spacial score (nSPS) is 19.9. The predicted molar refractivity (Wildman–Crippen MR) is 67.5 cm³/mol. The van der Waals surface area contributed by atoms with Crippen LogP contribution in [0, 0.1) is 12.8 Å². The summed E-state index contributed by atoms with van der Waals surface area (Å²) in [6.07, 6.45) is 3.31. The van der Waals surface area contributed by atoms with Crippen molar-refractivity contribution in [1.82, 2.24) is 14.9 Å². The first-order chi connectivity index (χ1) is 8.61. The summed E-state index contributed by atoms with van der Waals surface area (Å²) in [4.78, 5) is 22.1. The van der Waals surface area contributed by atoms with E-state index in [4.69, 9.17) is 11.6 Å². The molecule has 1 unspecified atom stereocenters. The van der Waals surface area contributed by atoms with Gasteiger partial charge < -0.3 is 10.0 Å². The van der Waals surface area contributed by atoms with Crippen LogP contribution in [0.3, 0.4) is 0 Å². The molecule has 18 heavy (non-hydrogen) atoms. The number of piperidine rings is 1. The van der Waals surface area contributed by atoms with Gasteiger partial charge in [0.15, 0.2) is 5.69 Å². The highest BCUT2D eigenvalue weighted by molar-refractivity contribution is 6.33. The first-order valence-electron chi connectivity index (χ1n) is 6.01.